The van der Waals surface area contributed by atoms with Crippen LogP contribution in [0.1, 0.15) is 0 Å². The molecule has 2 aliphatic heterocycles. The first-order chi connectivity index (χ1) is 5.36. The van der Waals surface area contributed by atoms with E-state index >= 15 is 0 Å². The number of hydrogen-bond acceptors (Lipinski definition) is 3. The first-order valence-electron chi connectivity index (χ1n) is 3.81. The number of allylic oxidation sites excluding steroid dienone is 1. The van der Waals surface area contributed by atoms with Gasteiger partial charge < -0.3 is 15.3 Å². The molecule has 59 valence electrons. The van der Waals surface area contributed by atoms with Crippen LogP contribution in [0.5, 0.6) is 0 Å². The predicted molar refractivity (Wildman–Crippen MR) is 41.5 cm³/mol. The molecule has 2 aliphatic rings. The van der Waals surface area contributed by atoms with Crippen molar-refractivity contribution in [2.75, 3.05) is 19.6 Å². The zero-order valence-electron chi connectivity index (χ0n) is 6.25. The Morgan fingerprint density at radius 2 is 2.45 bits per heavy atom. The predicted octanol–water partition coefficient (Wildman–Crippen LogP) is -0.533. The number of rotatable bonds is 1. The molecule has 0 aliphatic carbocycles. The van der Waals surface area contributed by atoms with Gasteiger partial charge in [-0.25, -0.2) is 0 Å². The van der Waals surface area contributed by atoms with Gasteiger partial charge >= 0.3 is 0 Å². The summed E-state index contributed by atoms with van der Waals surface area (Å²) in [4.78, 5) is 2.09. The summed E-state index contributed by atoms with van der Waals surface area (Å²) < 4.78 is 0. The molecule has 0 bridgehead atoms. The minimum Gasteiger partial charge on any atom is -0.389 e. The van der Waals surface area contributed by atoms with Crippen LogP contribution >= 0.6 is 0 Å². The maximum Gasteiger partial charge on any atom is 0.0889 e. The van der Waals surface area contributed by atoms with Crippen LogP contribution in [-0.2, 0) is 0 Å². The van der Waals surface area contributed by atoms with Crippen LogP contribution in [0, 0.1) is 6.20 Å². The highest BCUT2D eigenvalue weighted by molar-refractivity contribution is 5.20. The molecule has 0 unspecified atom stereocenters. The first kappa shape index (κ1) is 6.73. The molecule has 0 aromatic rings. The minimum absolute atomic E-state index is 0.139. The number of aliphatic hydroxyl groups is 1. The van der Waals surface area contributed by atoms with E-state index in [-0.39, 0.29) is 6.10 Å². The summed E-state index contributed by atoms with van der Waals surface area (Å²) in [6.45, 7) is 2.35. The molecule has 0 aromatic heterocycles. The summed E-state index contributed by atoms with van der Waals surface area (Å²) in [5.41, 5.74) is 1.06. The Morgan fingerprint density at radius 1 is 1.64 bits per heavy atom. The highest BCUT2D eigenvalue weighted by Crippen LogP contribution is 2.16. The van der Waals surface area contributed by atoms with E-state index in [9.17, 15) is 0 Å². The van der Waals surface area contributed by atoms with E-state index in [0.29, 0.717) is 0 Å². The Labute approximate surface area is 66.0 Å². The number of β-amino-alcohol motifs (C(OH)–C–C–N with tert-alkyl or cyclic N) is 1. The highest BCUT2D eigenvalue weighted by Gasteiger charge is 2.25. The van der Waals surface area contributed by atoms with E-state index in [1.165, 1.54) is 0 Å². The lowest BCUT2D eigenvalue weighted by Crippen LogP contribution is -2.50. The number of dihydropyridines is 1. The van der Waals surface area contributed by atoms with Crippen LogP contribution in [0.4, 0.5) is 0 Å². The van der Waals surface area contributed by atoms with Crippen LogP contribution in [0.2, 0.25) is 0 Å². The van der Waals surface area contributed by atoms with Crippen molar-refractivity contribution in [2.24, 2.45) is 0 Å². The molecule has 2 heterocycles. The Balaban J connectivity index is 1.95. The van der Waals surface area contributed by atoms with Crippen molar-refractivity contribution in [1.29, 1.82) is 0 Å². The van der Waals surface area contributed by atoms with Crippen LogP contribution in [0.15, 0.2) is 17.8 Å². The molecular weight excluding hydrogens is 140 g/mol. The minimum atomic E-state index is -0.139. The third-order valence-electron chi connectivity index (χ3n) is 1.92. The summed E-state index contributed by atoms with van der Waals surface area (Å²) in [6, 6.07) is 0. The lowest BCUT2D eigenvalue weighted by Gasteiger charge is -2.38. The molecule has 2 rings (SSSR count). The standard InChI is InChI=1S/C8H11N2O/c11-8-5-10(6-8)7-2-1-3-9-4-7/h1-2,8-9,11H,3,5-6H2. The third kappa shape index (κ3) is 1.24. The molecule has 0 atom stereocenters. The van der Waals surface area contributed by atoms with E-state index in [4.69, 9.17) is 5.11 Å². The van der Waals surface area contributed by atoms with Crippen LogP contribution in [0.25, 0.3) is 0 Å². The van der Waals surface area contributed by atoms with Crippen LogP contribution in [-0.4, -0.2) is 35.7 Å². The van der Waals surface area contributed by atoms with Crippen molar-refractivity contribution in [3.8, 4) is 0 Å². The molecule has 3 nitrogen and oxygen atoms in total. The zero-order valence-corrected chi connectivity index (χ0v) is 6.25. The molecule has 1 fully saturated rings. The Bertz CT molecular complexity index is 204. The Morgan fingerprint density at radius 3 is 3.00 bits per heavy atom. The number of nitrogens with one attached hydrogen (secondary N) is 1. The maximum absolute atomic E-state index is 9.02. The number of likely N-dealkylation sites (tertiary alicyclic amines) is 1. The molecule has 11 heavy (non-hydrogen) atoms. The second-order valence-electron chi connectivity index (χ2n) is 2.85. The molecule has 3 heteroatoms. The van der Waals surface area contributed by atoms with E-state index in [2.05, 4.69) is 22.5 Å². The zero-order chi connectivity index (χ0) is 7.68. The Hall–Kier alpha value is -0.960. The molecular formula is C8H11N2O. The topological polar surface area (TPSA) is 35.5 Å². The summed E-state index contributed by atoms with van der Waals surface area (Å²) in [7, 11) is 0. The average molecular weight is 151 g/mol. The van der Waals surface area contributed by atoms with Gasteiger partial charge in [0.1, 0.15) is 0 Å². The fourth-order valence-corrected chi connectivity index (χ4v) is 1.25. The van der Waals surface area contributed by atoms with Gasteiger partial charge in [-0.1, -0.05) is 6.08 Å². The van der Waals surface area contributed by atoms with Crippen LogP contribution < -0.4 is 5.32 Å². The second-order valence-corrected chi connectivity index (χ2v) is 2.85. The average Bonchev–Trinajstić information content (AvgIpc) is 2.01. The monoisotopic (exact) mass is 151 g/mol. The summed E-state index contributed by atoms with van der Waals surface area (Å²) in [5.74, 6) is 0. The molecule has 0 amide bonds. The lowest BCUT2D eigenvalue weighted by atomic mass is 10.1. The largest absolute Gasteiger partial charge is 0.389 e. The van der Waals surface area contributed by atoms with Gasteiger partial charge in [0.25, 0.3) is 0 Å². The number of aliphatic hydroxyl groups excluding tert-OH is 1. The van der Waals surface area contributed by atoms with Crippen molar-refractivity contribution in [1.82, 2.24) is 10.2 Å². The summed E-state index contributed by atoms with van der Waals surface area (Å²) >= 11 is 0. The van der Waals surface area contributed by atoms with Crippen molar-refractivity contribution >= 4 is 0 Å². The van der Waals surface area contributed by atoms with E-state index in [1.54, 1.807) is 0 Å². The van der Waals surface area contributed by atoms with Crippen LogP contribution in [0.3, 0.4) is 0 Å². The van der Waals surface area contributed by atoms with Gasteiger partial charge in [-0.05, 0) is 6.08 Å². The van der Waals surface area contributed by atoms with E-state index in [1.807, 2.05) is 6.08 Å². The molecule has 0 spiro atoms. The quantitative estimate of drug-likeness (QED) is 0.528. The van der Waals surface area contributed by atoms with Gasteiger partial charge in [-0.15, -0.1) is 0 Å². The molecule has 0 saturated carbocycles. The van der Waals surface area contributed by atoms with Gasteiger partial charge in [0.05, 0.1) is 18.0 Å². The number of nitrogens with zero attached hydrogens (tertiary/aromatic N) is 1. The summed E-state index contributed by atoms with van der Waals surface area (Å²) in [6.07, 6.45) is 6.98. The molecule has 2 N–H and O–H groups in total. The first-order valence-corrected chi connectivity index (χ1v) is 3.81. The third-order valence-corrected chi connectivity index (χ3v) is 1.92. The second kappa shape index (κ2) is 2.58. The van der Waals surface area contributed by atoms with E-state index in [0.717, 1.165) is 25.3 Å². The SMILES string of the molecule is OC1CN(C2=[C]NCC=C2)C1. The van der Waals surface area contributed by atoms with Gasteiger partial charge in [-0.2, -0.15) is 0 Å². The fraction of sp³-hybridized carbons (Fsp3) is 0.500. The smallest absolute Gasteiger partial charge is 0.0889 e. The highest BCUT2D eigenvalue weighted by atomic mass is 16.3. The molecule has 1 saturated heterocycles. The summed E-state index contributed by atoms with van der Waals surface area (Å²) in [5, 5.41) is 12.0. The van der Waals surface area contributed by atoms with E-state index < -0.39 is 0 Å². The van der Waals surface area contributed by atoms with Crippen molar-refractivity contribution in [2.45, 2.75) is 6.10 Å². The van der Waals surface area contributed by atoms with Crippen molar-refractivity contribution < 1.29 is 5.11 Å². The molecule has 1 radical (unpaired) electrons. The van der Waals surface area contributed by atoms with Gasteiger partial charge in [0.2, 0.25) is 0 Å². The Kier molecular flexibility index (Phi) is 1.58. The molecule has 0 aromatic carbocycles. The van der Waals surface area contributed by atoms with Crippen molar-refractivity contribution in [3.63, 3.8) is 0 Å². The lowest BCUT2D eigenvalue weighted by molar-refractivity contribution is 0.0263. The van der Waals surface area contributed by atoms with Gasteiger partial charge in [-0.3, -0.25) is 0 Å². The number of hydrogen-bond donors (Lipinski definition) is 2. The van der Waals surface area contributed by atoms with Gasteiger partial charge in [0, 0.05) is 19.6 Å². The fourth-order valence-electron chi connectivity index (χ4n) is 1.25. The van der Waals surface area contributed by atoms with Gasteiger partial charge in [0.15, 0.2) is 0 Å². The maximum atomic E-state index is 9.02. The van der Waals surface area contributed by atoms with Crippen molar-refractivity contribution in [3.05, 3.63) is 24.0 Å². The normalized spacial score (nSPS) is 24.1.